The highest BCUT2D eigenvalue weighted by Gasteiger charge is 2.32. The maximum atomic E-state index is 14.0. The fraction of sp³-hybridized carbons (Fsp3) is 0.440. The fourth-order valence-corrected chi connectivity index (χ4v) is 7.82. The predicted octanol–water partition coefficient (Wildman–Crippen LogP) is 4.20. The molecule has 1 amide bonds. The van der Waals surface area contributed by atoms with E-state index in [9.17, 15) is 22.0 Å². The number of aromatic nitrogens is 1. The number of thiazole rings is 1. The van der Waals surface area contributed by atoms with Crippen LogP contribution in [0.4, 0.5) is 13.9 Å². The molecule has 2 saturated heterocycles. The number of piperidine rings is 1. The molecule has 7 nitrogen and oxygen atoms in total. The summed E-state index contributed by atoms with van der Waals surface area (Å²) in [7, 11) is -3.60. The van der Waals surface area contributed by atoms with Crippen LogP contribution in [0.25, 0.3) is 10.2 Å². The van der Waals surface area contributed by atoms with Crippen LogP contribution in [-0.2, 0) is 10.0 Å². The Labute approximate surface area is 213 Å². The van der Waals surface area contributed by atoms with Crippen LogP contribution in [0.3, 0.4) is 0 Å². The highest BCUT2D eigenvalue weighted by molar-refractivity contribution is 7.89. The molecule has 0 spiro atoms. The molecule has 2 aliphatic heterocycles. The molecule has 3 aromatic rings. The van der Waals surface area contributed by atoms with Crippen molar-refractivity contribution in [1.82, 2.24) is 14.2 Å². The van der Waals surface area contributed by atoms with Gasteiger partial charge in [0.2, 0.25) is 10.0 Å². The molecule has 3 heterocycles. The topological polar surface area (TPSA) is 73.8 Å². The van der Waals surface area contributed by atoms with Gasteiger partial charge >= 0.3 is 0 Å². The number of piperazine rings is 1. The molecule has 0 N–H and O–H groups in total. The zero-order valence-electron chi connectivity index (χ0n) is 20.2. The minimum absolute atomic E-state index is 0.151. The summed E-state index contributed by atoms with van der Waals surface area (Å²) in [5, 5.41) is 0.595. The number of hydrogen-bond donors (Lipinski definition) is 0. The Hall–Kier alpha value is -2.63. The average molecular weight is 535 g/mol. The third-order valence-corrected chi connectivity index (χ3v) is 9.72. The zero-order chi connectivity index (χ0) is 25.6. The Balaban J connectivity index is 1.24. The van der Waals surface area contributed by atoms with Crippen molar-refractivity contribution in [3.8, 4) is 0 Å². The van der Waals surface area contributed by atoms with E-state index in [-0.39, 0.29) is 16.3 Å². The molecule has 1 aromatic heterocycles. The van der Waals surface area contributed by atoms with Gasteiger partial charge in [0.1, 0.15) is 11.3 Å². The molecule has 36 heavy (non-hydrogen) atoms. The molecule has 0 aliphatic carbocycles. The average Bonchev–Trinajstić information content (AvgIpc) is 3.28. The SMILES string of the molecule is CC1CC(C)CN(S(=O)(=O)c2ccc(C(=O)N3CCN(c4nc5c(F)cc(F)cc5s4)CC3)cc2)C1. The standard InChI is InChI=1S/C25H28F2N4O3S2/c1-16-11-17(2)15-31(14-16)36(33,34)20-5-3-18(4-6-20)24(32)29-7-9-30(10-8-29)25-28-23-21(27)12-19(26)13-22(23)35-25/h3-6,12-13,16-17H,7-11,14-15H2,1-2H3. The van der Waals surface area contributed by atoms with Crippen LogP contribution in [-0.4, -0.2) is 67.8 Å². The highest BCUT2D eigenvalue weighted by Crippen LogP contribution is 2.32. The van der Waals surface area contributed by atoms with Crippen LogP contribution in [0.1, 0.15) is 30.6 Å². The fourth-order valence-electron chi connectivity index (χ4n) is 5.08. The second-order valence-corrected chi connectivity index (χ2v) is 12.7. The third-order valence-electron chi connectivity index (χ3n) is 6.81. The Morgan fingerprint density at radius 1 is 1.00 bits per heavy atom. The molecular weight excluding hydrogens is 506 g/mol. The summed E-state index contributed by atoms with van der Waals surface area (Å²) in [6.07, 6.45) is 1.02. The van der Waals surface area contributed by atoms with Gasteiger partial charge in [-0.2, -0.15) is 4.31 Å². The van der Waals surface area contributed by atoms with Gasteiger partial charge in [-0.05, 0) is 48.6 Å². The lowest BCUT2D eigenvalue weighted by Crippen LogP contribution is -2.48. The van der Waals surface area contributed by atoms with Gasteiger partial charge < -0.3 is 9.80 Å². The largest absolute Gasteiger partial charge is 0.345 e. The highest BCUT2D eigenvalue weighted by atomic mass is 32.2. The molecule has 0 radical (unpaired) electrons. The lowest BCUT2D eigenvalue weighted by atomic mass is 9.94. The first-order valence-electron chi connectivity index (χ1n) is 12.0. The Kier molecular flexibility index (Phi) is 6.73. The van der Waals surface area contributed by atoms with Crippen molar-refractivity contribution in [3.63, 3.8) is 0 Å². The van der Waals surface area contributed by atoms with Crippen molar-refractivity contribution in [1.29, 1.82) is 0 Å². The number of nitrogens with zero attached hydrogens (tertiary/aromatic N) is 4. The van der Waals surface area contributed by atoms with E-state index in [1.54, 1.807) is 21.3 Å². The zero-order valence-corrected chi connectivity index (χ0v) is 21.8. The normalized spacial score (nSPS) is 21.8. The molecule has 5 rings (SSSR count). The monoisotopic (exact) mass is 534 g/mol. The number of hydrogen-bond acceptors (Lipinski definition) is 6. The van der Waals surface area contributed by atoms with Gasteiger partial charge in [0.25, 0.3) is 5.91 Å². The van der Waals surface area contributed by atoms with Crippen LogP contribution in [0.15, 0.2) is 41.3 Å². The van der Waals surface area contributed by atoms with E-state index in [2.05, 4.69) is 18.8 Å². The molecule has 2 atom stereocenters. The van der Waals surface area contributed by atoms with Crippen LogP contribution in [0.2, 0.25) is 0 Å². The van der Waals surface area contributed by atoms with E-state index in [1.807, 2.05) is 4.90 Å². The number of rotatable bonds is 4. The van der Waals surface area contributed by atoms with Gasteiger partial charge in [-0.1, -0.05) is 25.2 Å². The predicted molar refractivity (Wildman–Crippen MR) is 136 cm³/mol. The van der Waals surface area contributed by atoms with Crippen molar-refractivity contribution in [2.75, 3.05) is 44.2 Å². The number of amides is 1. The lowest BCUT2D eigenvalue weighted by Gasteiger charge is -2.35. The molecule has 11 heteroatoms. The smallest absolute Gasteiger partial charge is 0.253 e. The number of carbonyl (C=O) groups is 1. The van der Waals surface area contributed by atoms with E-state index in [4.69, 9.17) is 0 Å². The minimum Gasteiger partial charge on any atom is -0.345 e. The molecule has 0 saturated carbocycles. The van der Waals surface area contributed by atoms with Gasteiger partial charge in [0, 0.05) is 50.9 Å². The van der Waals surface area contributed by atoms with Crippen molar-refractivity contribution < 1.29 is 22.0 Å². The summed E-state index contributed by atoms with van der Waals surface area (Å²) in [6, 6.07) is 8.27. The van der Waals surface area contributed by atoms with Crippen molar-refractivity contribution in [3.05, 3.63) is 53.6 Å². The molecular formula is C25H28F2N4O3S2. The Bertz CT molecular complexity index is 1380. The first-order chi connectivity index (χ1) is 17.1. The summed E-state index contributed by atoms with van der Waals surface area (Å²) in [4.78, 5) is 21.3. The van der Waals surface area contributed by atoms with E-state index in [1.165, 1.54) is 29.5 Å². The van der Waals surface area contributed by atoms with E-state index in [0.29, 0.717) is 66.5 Å². The van der Waals surface area contributed by atoms with Crippen molar-refractivity contribution >= 4 is 42.6 Å². The van der Waals surface area contributed by atoms with Gasteiger partial charge in [-0.3, -0.25) is 4.79 Å². The van der Waals surface area contributed by atoms with Gasteiger partial charge in [0.05, 0.1) is 9.60 Å². The molecule has 2 unspecified atom stereocenters. The van der Waals surface area contributed by atoms with Crippen LogP contribution in [0.5, 0.6) is 0 Å². The van der Waals surface area contributed by atoms with Crippen LogP contribution in [0, 0.1) is 23.5 Å². The first kappa shape index (κ1) is 25.0. The minimum atomic E-state index is -3.60. The lowest BCUT2D eigenvalue weighted by molar-refractivity contribution is 0.0746. The van der Waals surface area contributed by atoms with Crippen LogP contribution >= 0.6 is 11.3 Å². The van der Waals surface area contributed by atoms with E-state index in [0.717, 1.165) is 12.5 Å². The van der Waals surface area contributed by atoms with Crippen LogP contribution < -0.4 is 4.90 Å². The van der Waals surface area contributed by atoms with Gasteiger partial charge in [0.15, 0.2) is 10.9 Å². The third kappa shape index (κ3) is 4.83. The number of anilines is 1. The number of carbonyl (C=O) groups excluding carboxylic acids is 1. The number of sulfonamides is 1. The second-order valence-electron chi connectivity index (χ2n) is 9.80. The Morgan fingerprint density at radius 2 is 1.64 bits per heavy atom. The molecule has 2 aromatic carbocycles. The quantitative estimate of drug-likeness (QED) is 0.502. The molecule has 192 valence electrons. The number of halogens is 2. The Morgan fingerprint density at radius 3 is 2.28 bits per heavy atom. The van der Waals surface area contributed by atoms with Gasteiger partial charge in [-0.25, -0.2) is 22.2 Å². The first-order valence-corrected chi connectivity index (χ1v) is 14.3. The summed E-state index contributed by atoms with van der Waals surface area (Å²) < 4.78 is 55.7. The molecule has 2 aliphatic rings. The number of benzene rings is 2. The summed E-state index contributed by atoms with van der Waals surface area (Å²) in [6.45, 7) is 7.04. The summed E-state index contributed by atoms with van der Waals surface area (Å²) >= 11 is 1.22. The summed E-state index contributed by atoms with van der Waals surface area (Å²) in [5.41, 5.74) is 0.582. The molecule has 2 fully saturated rings. The maximum Gasteiger partial charge on any atom is 0.253 e. The van der Waals surface area contributed by atoms with Gasteiger partial charge in [-0.15, -0.1) is 0 Å². The van der Waals surface area contributed by atoms with Crippen molar-refractivity contribution in [2.45, 2.75) is 25.2 Å². The molecule has 0 bridgehead atoms. The van der Waals surface area contributed by atoms with E-state index >= 15 is 0 Å². The number of fused-ring (bicyclic) bond motifs is 1. The second kappa shape index (κ2) is 9.68. The van der Waals surface area contributed by atoms with Crippen molar-refractivity contribution in [2.24, 2.45) is 11.8 Å². The maximum absolute atomic E-state index is 14.0. The van der Waals surface area contributed by atoms with E-state index < -0.39 is 21.7 Å². The summed E-state index contributed by atoms with van der Waals surface area (Å²) in [5.74, 6) is -0.867.